The van der Waals surface area contributed by atoms with Gasteiger partial charge in [0.25, 0.3) is 0 Å². The van der Waals surface area contributed by atoms with Crippen molar-refractivity contribution in [1.82, 2.24) is 9.88 Å². The number of carbonyl (C=O) groups is 1. The van der Waals surface area contributed by atoms with Crippen LogP contribution >= 0.6 is 0 Å². The maximum Gasteiger partial charge on any atom is 0.229 e. The van der Waals surface area contributed by atoms with Crippen LogP contribution in [-0.4, -0.2) is 36.0 Å². The molecule has 3 rings (SSSR count). The molecule has 1 aromatic heterocycles. The summed E-state index contributed by atoms with van der Waals surface area (Å²) in [6, 6.07) is 5.86. The van der Waals surface area contributed by atoms with Gasteiger partial charge in [0.2, 0.25) is 5.91 Å². The lowest BCUT2D eigenvalue weighted by atomic mass is 9.98. The maximum atomic E-state index is 12.1. The normalized spacial score (nSPS) is 17.0. The van der Waals surface area contributed by atoms with E-state index in [9.17, 15) is 4.79 Å². The summed E-state index contributed by atoms with van der Waals surface area (Å²) in [6.45, 7) is 2.47. The fourth-order valence-corrected chi connectivity index (χ4v) is 3.11. The average Bonchev–Trinajstić information content (AvgIpc) is 2.91. The molecule has 0 saturated heterocycles. The summed E-state index contributed by atoms with van der Waals surface area (Å²) < 4.78 is 5.29. The minimum atomic E-state index is -0.146. The Labute approximate surface area is 127 Å². The summed E-state index contributed by atoms with van der Waals surface area (Å²) >= 11 is 0. The van der Waals surface area contributed by atoms with E-state index in [1.807, 2.05) is 25.1 Å². The highest BCUT2D eigenvalue weighted by Crippen LogP contribution is 2.35. The molecule has 0 spiro atoms. The highest BCUT2D eigenvalue weighted by molar-refractivity contribution is 5.87. The molecule has 0 saturated carbocycles. The number of aromatic nitrogens is 1. The van der Waals surface area contributed by atoms with E-state index in [0.717, 1.165) is 28.8 Å². The van der Waals surface area contributed by atoms with E-state index in [-0.39, 0.29) is 18.5 Å². The number of benzene rings is 1. The van der Waals surface area contributed by atoms with Crippen LogP contribution in [0, 0.1) is 0 Å². The van der Waals surface area contributed by atoms with Gasteiger partial charge in [0.1, 0.15) is 12.3 Å². The third-order valence-electron chi connectivity index (χ3n) is 4.22. The molecule has 1 aliphatic rings. The van der Waals surface area contributed by atoms with Gasteiger partial charge in [-0.3, -0.25) is 4.79 Å². The Morgan fingerprint density at radius 3 is 3.14 bits per heavy atom. The summed E-state index contributed by atoms with van der Waals surface area (Å²) in [7, 11) is 1.65. The van der Waals surface area contributed by atoms with Crippen molar-refractivity contribution in [3.8, 4) is 5.75 Å². The predicted molar refractivity (Wildman–Crippen MR) is 82.7 cm³/mol. The smallest absolute Gasteiger partial charge is 0.229 e. The van der Waals surface area contributed by atoms with Gasteiger partial charge in [0, 0.05) is 28.1 Å². The van der Waals surface area contributed by atoms with Crippen molar-refractivity contribution >= 4 is 16.8 Å². The molecular formula is C15H17N5O2. The van der Waals surface area contributed by atoms with E-state index in [1.165, 1.54) is 5.56 Å². The molecule has 7 heteroatoms. The number of azide groups is 1. The number of H-pyrrole nitrogens is 1. The number of hydrogen-bond donors (Lipinski definition) is 1. The van der Waals surface area contributed by atoms with Crippen LogP contribution in [0.2, 0.25) is 0 Å². The standard InChI is InChI=1S/C15H17N5O2/c1-9-15-11(5-6-20(9)14(21)8-17-19-16)12-7-10(22-2)3-4-13(12)18-15/h3-4,7,9,18H,5-6,8H2,1-2H3. The zero-order chi connectivity index (χ0) is 15.7. The lowest BCUT2D eigenvalue weighted by molar-refractivity contribution is -0.132. The van der Waals surface area contributed by atoms with Gasteiger partial charge in [-0.25, -0.2) is 0 Å². The molecule has 7 nitrogen and oxygen atoms in total. The second kappa shape index (κ2) is 5.61. The molecule has 0 bridgehead atoms. The molecule has 1 atom stereocenters. The van der Waals surface area contributed by atoms with E-state index >= 15 is 0 Å². The second-order valence-corrected chi connectivity index (χ2v) is 5.33. The zero-order valence-corrected chi connectivity index (χ0v) is 12.5. The van der Waals surface area contributed by atoms with Gasteiger partial charge in [-0.1, -0.05) is 5.11 Å². The Morgan fingerprint density at radius 2 is 2.41 bits per heavy atom. The van der Waals surface area contributed by atoms with E-state index in [1.54, 1.807) is 12.0 Å². The number of methoxy groups -OCH3 is 1. The van der Waals surface area contributed by atoms with Crippen LogP contribution in [0.3, 0.4) is 0 Å². The van der Waals surface area contributed by atoms with Crippen molar-refractivity contribution in [2.45, 2.75) is 19.4 Å². The molecule has 114 valence electrons. The third-order valence-corrected chi connectivity index (χ3v) is 4.22. The number of rotatable bonds is 3. The summed E-state index contributed by atoms with van der Waals surface area (Å²) in [5.74, 6) is 0.677. The number of amides is 1. The van der Waals surface area contributed by atoms with Crippen molar-refractivity contribution in [2.24, 2.45) is 5.11 Å². The van der Waals surface area contributed by atoms with E-state index in [4.69, 9.17) is 10.3 Å². The monoisotopic (exact) mass is 299 g/mol. The largest absolute Gasteiger partial charge is 0.497 e. The molecule has 0 aliphatic carbocycles. The number of aromatic amines is 1. The Balaban J connectivity index is 1.97. The van der Waals surface area contributed by atoms with Crippen molar-refractivity contribution in [1.29, 1.82) is 0 Å². The zero-order valence-electron chi connectivity index (χ0n) is 12.5. The van der Waals surface area contributed by atoms with E-state index in [2.05, 4.69) is 15.0 Å². The Kier molecular flexibility index (Phi) is 3.65. The molecule has 0 fully saturated rings. The first-order valence-corrected chi connectivity index (χ1v) is 7.14. The highest BCUT2D eigenvalue weighted by Gasteiger charge is 2.29. The predicted octanol–water partition coefficient (Wildman–Crippen LogP) is 2.93. The first-order valence-electron chi connectivity index (χ1n) is 7.14. The number of nitrogens with zero attached hydrogens (tertiary/aromatic N) is 4. The van der Waals surface area contributed by atoms with Gasteiger partial charge in [0.15, 0.2) is 0 Å². The minimum absolute atomic E-state index is 0.0662. The van der Waals surface area contributed by atoms with E-state index < -0.39 is 0 Å². The Hall–Kier alpha value is -2.66. The molecule has 1 amide bonds. The van der Waals surface area contributed by atoms with Gasteiger partial charge in [-0.05, 0) is 42.6 Å². The molecular weight excluding hydrogens is 282 g/mol. The van der Waals surface area contributed by atoms with Crippen LogP contribution in [-0.2, 0) is 11.2 Å². The Bertz CT molecular complexity index is 776. The number of ether oxygens (including phenoxy) is 1. The van der Waals surface area contributed by atoms with Crippen LogP contribution in [0.15, 0.2) is 23.3 Å². The van der Waals surface area contributed by atoms with Crippen LogP contribution in [0.1, 0.15) is 24.2 Å². The van der Waals surface area contributed by atoms with Crippen molar-refractivity contribution in [3.63, 3.8) is 0 Å². The fraction of sp³-hybridized carbons (Fsp3) is 0.400. The molecule has 22 heavy (non-hydrogen) atoms. The topological polar surface area (TPSA) is 94.1 Å². The first kappa shape index (κ1) is 14.3. The number of fused-ring (bicyclic) bond motifs is 3. The summed E-state index contributed by atoms with van der Waals surface area (Å²) in [6.07, 6.45) is 0.773. The van der Waals surface area contributed by atoms with Crippen LogP contribution < -0.4 is 4.74 Å². The SMILES string of the molecule is COc1ccc2[nH]c3c(c2c1)CCN(C(=O)CN=[N+]=[N-])C3C. The number of nitrogens with one attached hydrogen (secondary N) is 1. The van der Waals surface area contributed by atoms with Crippen LogP contribution in [0.5, 0.6) is 5.75 Å². The molecule has 1 aliphatic heterocycles. The molecule has 2 heterocycles. The first-order chi connectivity index (χ1) is 10.7. The number of carbonyl (C=O) groups excluding carboxylic acids is 1. The molecule has 0 radical (unpaired) electrons. The molecule has 2 aromatic rings. The lowest BCUT2D eigenvalue weighted by Crippen LogP contribution is -2.39. The van der Waals surface area contributed by atoms with Crippen LogP contribution in [0.25, 0.3) is 21.3 Å². The molecule has 1 unspecified atom stereocenters. The van der Waals surface area contributed by atoms with E-state index in [0.29, 0.717) is 6.54 Å². The second-order valence-electron chi connectivity index (χ2n) is 5.33. The molecule has 1 aromatic carbocycles. The van der Waals surface area contributed by atoms with Crippen molar-refractivity contribution in [3.05, 3.63) is 39.9 Å². The highest BCUT2D eigenvalue weighted by atomic mass is 16.5. The quantitative estimate of drug-likeness (QED) is 0.536. The van der Waals surface area contributed by atoms with Gasteiger partial charge >= 0.3 is 0 Å². The van der Waals surface area contributed by atoms with Gasteiger partial charge < -0.3 is 14.6 Å². The maximum absolute atomic E-state index is 12.1. The van der Waals surface area contributed by atoms with Crippen LogP contribution in [0.4, 0.5) is 0 Å². The van der Waals surface area contributed by atoms with Crippen molar-refractivity contribution < 1.29 is 9.53 Å². The molecule has 1 N–H and O–H groups in total. The summed E-state index contributed by atoms with van der Waals surface area (Å²) in [4.78, 5) is 19.9. The van der Waals surface area contributed by atoms with Crippen molar-refractivity contribution in [2.75, 3.05) is 20.2 Å². The van der Waals surface area contributed by atoms with Gasteiger partial charge in [0.05, 0.1) is 13.2 Å². The van der Waals surface area contributed by atoms with Gasteiger partial charge in [-0.15, -0.1) is 0 Å². The van der Waals surface area contributed by atoms with Gasteiger partial charge in [-0.2, -0.15) is 0 Å². The summed E-state index contributed by atoms with van der Waals surface area (Å²) in [5, 5.41) is 4.51. The lowest BCUT2D eigenvalue weighted by Gasteiger charge is -2.33. The number of hydrogen-bond acceptors (Lipinski definition) is 3. The third kappa shape index (κ3) is 2.25. The Morgan fingerprint density at radius 1 is 1.59 bits per heavy atom. The summed E-state index contributed by atoms with van der Waals surface area (Å²) in [5.41, 5.74) is 11.7. The average molecular weight is 299 g/mol. The fourth-order valence-electron chi connectivity index (χ4n) is 3.11. The minimum Gasteiger partial charge on any atom is -0.497 e.